The van der Waals surface area contributed by atoms with E-state index in [0.717, 1.165) is 23.9 Å². The van der Waals surface area contributed by atoms with Gasteiger partial charge < -0.3 is 5.73 Å². The van der Waals surface area contributed by atoms with Crippen molar-refractivity contribution in [3.05, 3.63) is 23.3 Å². The Kier molecular flexibility index (Phi) is 6.47. The van der Waals surface area contributed by atoms with Crippen LogP contribution in [0.5, 0.6) is 0 Å². The van der Waals surface area contributed by atoms with E-state index in [4.69, 9.17) is 5.73 Å². The predicted octanol–water partition coefficient (Wildman–Crippen LogP) is 3.37. The molecule has 2 aromatic rings. The van der Waals surface area contributed by atoms with Crippen LogP contribution < -0.4 is 5.73 Å². The van der Waals surface area contributed by atoms with Crippen LogP contribution in [0.2, 0.25) is 0 Å². The van der Waals surface area contributed by atoms with E-state index in [1.165, 1.54) is 4.31 Å². The fraction of sp³-hybridized carbons (Fsp3) is 0.667. The summed E-state index contributed by atoms with van der Waals surface area (Å²) in [6.07, 6.45) is -0.702. The Morgan fingerprint density at radius 2 is 1.90 bits per heavy atom. The number of anilines is 1. The lowest BCUT2D eigenvalue weighted by Gasteiger charge is -2.26. The van der Waals surface area contributed by atoms with Gasteiger partial charge in [0.05, 0.1) is 24.1 Å². The van der Waals surface area contributed by atoms with Gasteiger partial charge in [-0.25, -0.2) is 26.7 Å². The molecule has 2 fully saturated rings. The van der Waals surface area contributed by atoms with Gasteiger partial charge in [-0.2, -0.15) is 17.5 Å². The second-order valence-corrected chi connectivity index (χ2v) is 9.91. The van der Waals surface area contributed by atoms with E-state index in [2.05, 4.69) is 10.1 Å². The Morgan fingerprint density at radius 3 is 2.39 bits per heavy atom. The molecule has 4 rings (SSSR count). The van der Waals surface area contributed by atoms with Gasteiger partial charge >= 0.3 is 6.18 Å². The van der Waals surface area contributed by atoms with Crippen molar-refractivity contribution in [3.8, 4) is 0 Å². The third-order valence-corrected chi connectivity index (χ3v) is 6.67. The molecule has 2 unspecified atom stereocenters. The number of halogens is 5. The molecule has 2 N–H and O–H groups in total. The zero-order valence-corrected chi connectivity index (χ0v) is 17.8. The van der Waals surface area contributed by atoms with Crippen molar-refractivity contribution in [2.24, 2.45) is 0 Å². The number of sulfonamides is 1. The molecule has 2 aliphatic rings. The number of nitrogens with two attached hydrogens (primary N) is 1. The first-order valence-corrected chi connectivity index (χ1v) is 11.6. The number of hydrogen-bond acceptors (Lipinski definition) is 5. The highest BCUT2D eigenvalue weighted by Gasteiger charge is 2.44. The number of nitrogens with zero attached hydrogens (tertiary/aromatic N) is 4. The van der Waals surface area contributed by atoms with Gasteiger partial charge in [-0.05, 0) is 38.5 Å². The average molecular weight is 469 g/mol. The monoisotopic (exact) mass is 469 g/mol. The Morgan fingerprint density at radius 1 is 1.26 bits per heavy atom. The molecule has 0 spiro atoms. The molecule has 3 heterocycles. The summed E-state index contributed by atoms with van der Waals surface area (Å²) in [4.78, 5) is 3.65. The first kappa shape index (κ1) is 23.6. The molecule has 2 aromatic heterocycles. The highest BCUT2D eigenvalue weighted by Crippen LogP contribution is 2.48. The third-order valence-electron chi connectivity index (χ3n) is 5.40. The maximum Gasteiger partial charge on any atom is 0.396 e. The number of hydrogen-bond donors (Lipinski definition) is 1. The smallest absolute Gasteiger partial charge is 0.367 e. The molecule has 1 saturated carbocycles. The van der Waals surface area contributed by atoms with Crippen LogP contribution in [0.4, 0.5) is 27.9 Å². The number of nitrogen functional groups attached to an aromatic ring is 1. The van der Waals surface area contributed by atoms with E-state index in [1.54, 1.807) is 0 Å². The van der Waals surface area contributed by atoms with Gasteiger partial charge in [0, 0.05) is 18.7 Å². The maximum atomic E-state index is 14.4. The van der Waals surface area contributed by atoms with Gasteiger partial charge in [-0.1, -0.05) is 0 Å². The van der Waals surface area contributed by atoms with Crippen LogP contribution in [0.15, 0.2) is 6.20 Å². The predicted molar refractivity (Wildman–Crippen MR) is 104 cm³/mol. The van der Waals surface area contributed by atoms with Crippen molar-refractivity contribution in [1.82, 2.24) is 18.9 Å². The average Bonchev–Trinajstić information content (AvgIpc) is 3.45. The lowest BCUT2D eigenvalue weighted by molar-refractivity contribution is -0.147. The summed E-state index contributed by atoms with van der Waals surface area (Å²) >= 11 is 0. The molecular weight excluding hydrogens is 445 g/mol. The summed E-state index contributed by atoms with van der Waals surface area (Å²) in [6, 6.07) is 0. The van der Waals surface area contributed by atoms with E-state index < -0.39 is 34.1 Å². The summed E-state index contributed by atoms with van der Waals surface area (Å²) in [6.45, 7) is 1.52. The minimum Gasteiger partial charge on any atom is -0.367 e. The van der Waals surface area contributed by atoms with Crippen LogP contribution in [0.1, 0.15) is 55.7 Å². The topological polar surface area (TPSA) is 93.6 Å². The number of rotatable bonds is 3. The van der Waals surface area contributed by atoms with Crippen LogP contribution in [-0.4, -0.2) is 59.0 Å². The van der Waals surface area contributed by atoms with Crippen molar-refractivity contribution in [3.63, 3.8) is 0 Å². The fourth-order valence-electron chi connectivity index (χ4n) is 3.59. The SMILES string of the molecule is CC(c1c(C2CC2)c(F)c2cnc(N)nn12)C(F)(F)F.CS(=O)(=O)N1CCCC(F)C1. The zero-order valence-electron chi connectivity index (χ0n) is 17.0. The molecule has 7 nitrogen and oxygen atoms in total. The molecule has 1 aliphatic carbocycles. The zero-order chi connectivity index (χ0) is 23.1. The highest BCUT2D eigenvalue weighted by atomic mass is 32.2. The van der Waals surface area contributed by atoms with Crippen LogP contribution in [0, 0.1) is 5.82 Å². The third kappa shape index (κ3) is 5.25. The van der Waals surface area contributed by atoms with Gasteiger partial charge in [0.15, 0.2) is 5.82 Å². The van der Waals surface area contributed by atoms with Gasteiger partial charge in [-0.15, -0.1) is 5.10 Å². The standard InChI is InChI=1S/C12H12F4N4.C6H12FNO2S/c1-5(12(14,15)16)10-8(6-2-3-6)9(13)7-4-18-11(17)19-20(7)10;1-11(9,10)8-4-2-3-6(7)5-8/h4-6H,2-3H2,1H3,(H2,17,19);6H,2-5H2,1H3. The van der Waals surface area contributed by atoms with Crippen molar-refractivity contribution in [2.45, 2.75) is 56.8 Å². The van der Waals surface area contributed by atoms with Crippen LogP contribution in [0.25, 0.3) is 5.52 Å². The van der Waals surface area contributed by atoms with Crippen molar-refractivity contribution < 1.29 is 30.4 Å². The minimum atomic E-state index is -4.47. The van der Waals surface area contributed by atoms with E-state index in [9.17, 15) is 30.4 Å². The van der Waals surface area contributed by atoms with Gasteiger partial charge in [-0.3, -0.25) is 0 Å². The lowest BCUT2D eigenvalue weighted by Crippen LogP contribution is -2.39. The van der Waals surface area contributed by atoms with Crippen molar-refractivity contribution >= 4 is 21.5 Å². The van der Waals surface area contributed by atoms with Gasteiger partial charge in [0.25, 0.3) is 0 Å². The van der Waals surface area contributed by atoms with E-state index in [1.807, 2.05) is 0 Å². The van der Waals surface area contributed by atoms with Gasteiger partial charge in [0.2, 0.25) is 16.0 Å². The van der Waals surface area contributed by atoms with Crippen molar-refractivity contribution in [1.29, 1.82) is 0 Å². The van der Waals surface area contributed by atoms with E-state index in [-0.39, 0.29) is 35.2 Å². The summed E-state index contributed by atoms with van der Waals surface area (Å²) in [5, 5.41) is 3.75. The number of fused-ring (bicyclic) bond motifs is 1. The van der Waals surface area contributed by atoms with Crippen LogP contribution in [-0.2, 0) is 10.0 Å². The largest absolute Gasteiger partial charge is 0.396 e. The Hall–Kier alpha value is -2.02. The molecule has 1 saturated heterocycles. The second-order valence-electron chi connectivity index (χ2n) is 7.92. The first-order chi connectivity index (χ1) is 14.3. The maximum absolute atomic E-state index is 14.4. The first-order valence-electron chi connectivity index (χ1n) is 9.79. The minimum absolute atomic E-state index is 0.0405. The number of alkyl halides is 4. The Bertz CT molecular complexity index is 1050. The van der Waals surface area contributed by atoms with Gasteiger partial charge in [0.1, 0.15) is 11.7 Å². The molecule has 0 radical (unpaired) electrons. The quantitative estimate of drug-likeness (QED) is 0.696. The molecule has 2 atom stereocenters. The molecule has 13 heteroatoms. The summed E-state index contributed by atoms with van der Waals surface area (Å²) < 4.78 is 90.0. The normalized spacial score (nSPS) is 21.6. The lowest BCUT2D eigenvalue weighted by atomic mass is 10.0. The summed E-state index contributed by atoms with van der Waals surface area (Å²) in [5.74, 6) is -2.84. The number of piperidine rings is 1. The number of aromatic nitrogens is 3. The highest BCUT2D eigenvalue weighted by molar-refractivity contribution is 7.88. The molecule has 0 amide bonds. The van der Waals surface area contributed by atoms with Crippen LogP contribution >= 0.6 is 0 Å². The van der Waals surface area contributed by atoms with Crippen molar-refractivity contribution in [2.75, 3.05) is 25.1 Å². The Labute approximate surface area is 176 Å². The Balaban J connectivity index is 0.000000210. The molecule has 1 aliphatic heterocycles. The van der Waals surface area contributed by atoms with E-state index in [0.29, 0.717) is 32.2 Å². The molecule has 31 heavy (non-hydrogen) atoms. The summed E-state index contributed by atoms with van der Waals surface area (Å²) in [5.41, 5.74) is 5.28. The van der Waals surface area contributed by atoms with E-state index >= 15 is 0 Å². The molecule has 0 aromatic carbocycles. The molecule has 0 bridgehead atoms. The molecular formula is C18H24F5N5O2S. The fourth-order valence-corrected chi connectivity index (χ4v) is 4.48. The van der Waals surface area contributed by atoms with Crippen LogP contribution in [0.3, 0.4) is 0 Å². The second kappa shape index (κ2) is 8.49. The molecule has 174 valence electrons. The summed E-state index contributed by atoms with van der Waals surface area (Å²) in [7, 11) is -3.17.